The summed E-state index contributed by atoms with van der Waals surface area (Å²) < 4.78 is 26.5. The van der Waals surface area contributed by atoms with E-state index in [1.54, 1.807) is 0 Å². The molecule has 3 nitrogen and oxygen atoms in total. The fraction of sp³-hybridized carbons (Fsp3) is 0.562. The summed E-state index contributed by atoms with van der Waals surface area (Å²) in [4.78, 5) is 11.8. The van der Waals surface area contributed by atoms with E-state index in [4.69, 9.17) is 5.73 Å². The second-order valence-corrected chi connectivity index (χ2v) is 5.71. The molecule has 1 amide bonds. The molecule has 0 atom stereocenters. The first-order valence-electron chi connectivity index (χ1n) is 7.44. The number of nitrogen functional groups attached to an aromatic ring is 1. The lowest BCUT2D eigenvalue weighted by molar-refractivity contribution is 0.0949. The number of halogens is 2. The summed E-state index contributed by atoms with van der Waals surface area (Å²) in [5.41, 5.74) is 4.90. The number of benzene rings is 1. The molecule has 0 aromatic heterocycles. The number of nitrogens with two attached hydrogens (primary N) is 1. The predicted octanol–water partition coefficient (Wildman–Crippen LogP) is 3.88. The van der Waals surface area contributed by atoms with Crippen LogP contribution in [0.1, 0.15) is 56.3 Å². The molecule has 0 aliphatic heterocycles. The van der Waals surface area contributed by atoms with Crippen LogP contribution in [0.3, 0.4) is 0 Å². The van der Waals surface area contributed by atoms with Crippen LogP contribution in [0, 0.1) is 17.6 Å². The lowest BCUT2D eigenvalue weighted by Crippen LogP contribution is -2.25. The summed E-state index contributed by atoms with van der Waals surface area (Å²) >= 11 is 0. The third-order valence-electron chi connectivity index (χ3n) is 3.32. The van der Waals surface area contributed by atoms with Crippen molar-refractivity contribution in [2.45, 2.75) is 46.0 Å². The van der Waals surface area contributed by atoms with E-state index in [9.17, 15) is 13.6 Å². The largest absolute Gasteiger partial charge is 0.396 e. The molecule has 0 fully saturated rings. The average Bonchev–Trinajstić information content (AvgIpc) is 2.41. The standard InChI is InChI=1S/C16H24F2N2O/c1-11(2)7-5-3-4-6-8-20-16(21)12-9-15(19)14(18)10-13(12)17/h9-11H,3-8,19H2,1-2H3,(H,20,21). The van der Waals surface area contributed by atoms with Crippen molar-refractivity contribution in [3.8, 4) is 0 Å². The lowest BCUT2D eigenvalue weighted by atomic mass is 10.0. The molecular formula is C16H24F2N2O. The number of carbonyl (C=O) groups is 1. The molecule has 118 valence electrons. The molecular weight excluding hydrogens is 274 g/mol. The van der Waals surface area contributed by atoms with Crippen LogP contribution in [0.25, 0.3) is 0 Å². The third-order valence-corrected chi connectivity index (χ3v) is 3.32. The second kappa shape index (κ2) is 8.60. The van der Waals surface area contributed by atoms with Gasteiger partial charge in [-0.05, 0) is 18.4 Å². The van der Waals surface area contributed by atoms with Gasteiger partial charge in [0.05, 0.1) is 11.3 Å². The van der Waals surface area contributed by atoms with Crippen LogP contribution in [-0.4, -0.2) is 12.5 Å². The van der Waals surface area contributed by atoms with Gasteiger partial charge >= 0.3 is 0 Å². The van der Waals surface area contributed by atoms with Gasteiger partial charge in [0.2, 0.25) is 0 Å². The zero-order valence-corrected chi connectivity index (χ0v) is 12.7. The molecule has 1 rings (SSSR count). The fourth-order valence-corrected chi connectivity index (χ4v) is 2.07. The normalized spacial score (nSPS) is 10.9. The predicted molar refractivity (Wildman–Crippen MR) is 81.0 cm³/mol. The molecule has 1 aromatic carbocycles. The van der Waals surface area contributed by atoms with Crippen LogP contribution < -0.4 is 11.1 Å². The maximum Gasteiger partial charge on any atom is 0.254 e. The molecule has 21 heavy (non-hydrogen) atoms. The molecule has 0 aliphatic carbocycles. The number of unbranched alkanes of at least 4 members (excludes halogenated alkanes) is 3. The minimum Gasteiger partial charge on any atom is -0.396 e. The molecule has 0 unspecified atom stereocenters. The minimum atomic E-state index is -0.892. The van der Waals surface area contributed by atoms with E-state index in [0.717, 1.165) is 31.2 Å². The van der Waals surface area contributed by atoms with E-state index in [-0.39, 0.29) is 11.3 Å². The van der Waals surface area contributed by atoms with Gasteiger partial charge in [0.1, 0.15) is 11.6 Å². The molecule has 0 spiro atoms. The average molecular weight is 298 g/mol. The minimum absolute atomic E-state index is 0.214. The number of carbonyl (C=O) groups excluding carboxylic acids is 1. The van der Waals surface area contributed by atoms with Gasteiger partial charge in [0, 0.05) is 12.6 Å². The van der Waals surface area contributed by atoms with Crippen LogP contribution >= 0.6 is 0 Å². The van der Waals surface area contributed by atoms with Gasteiger partial charge in [-0.15, -0.1) is 0 Å². The zero-order valence-electron chi connectivity index (χ0n) is 12.7. The Labute approximate surface area is 124 Å². The first-order chi connectivity index (χ1) is 9.91. The summed E-state index contributed by atoms with van der Waals surface area (Å²) in [6.45, 7) is 4.88. The van der Waals surface area contributed by atoms with Crippen molar-refractivity contribution >= 4 is 11.6 Å². The van der Waals surface area contributed by atoms with Crippen molar-refractivity contribution < 1.29 is 13.6 Å². The molecule has 3 N–H and O–H groups in total. The first kappa shape index (κ1) is 17.4. The second-order valence-electron chi connectivity index (χ2n) is 5.71. The van der Waals surface area contributed by atoms with Gasteiger partial charge in [0.25, 0.3) is 5.91 Å². The van der Waals surface area contributed by atoms with Gasteiger partial charge in [-0.2, -0.15) is 0 Å². The highest BCUT2D eigenvalue weighted by Gasteiger charge is 2.14. The van der Waals surface area contributed by atoms with Gasteiger partial charge in [0.15, 0.2) is 0 Å². The highest BCUT2D eigenvalue weighted by molar-refractivity contribution is 5.95. The van der Waals surface area contributed by atoms with Gasteiger partial charge in [-0.3, -0.25) is 4.79 Å². The number of amides is 1. The molecule has 0 aliphatic rings. The van der Waals surface area contributed by atoms with Crippen molar-refractivity contribution in [2.24, 2.45) is 5.92 Å². The van der Waals surface area contributed by atoms with E-state index >= 15 is 0 Å². The zero-order chi connectivity index (χ0) is 15.8. The highest BCUT2D eigenvalue weighted by Crippen LogP contribution is 2.16. The Balaban J connectivity index is 2.30. The first-order valence-corrected chi connectivity index (χ1v) is 7.44. The Bertz CT molecular complexity index is 476. The molecule has 0 radical (unpaired) electrons. The van der Waals surface area contributed by atoms with Crippen molar-refractivity contribution in [1.29, 1.82) is 0 Å². The third kappa shape index (κ3) is 6.10. The van der Waals surface area contributed by atoms with Gasteiger partial charge in [-0.1, -0.05) is 39.5 Å². The van der Waals surface area contributed by atoms with Crippen LogP contribution in [-0.2, 0) is 0 Å². The van der Waals surface area contributed by atoms with Crippen LogP contribution in [0.15, 0.2) is 12.1 Å². The van der Waals surface area contributed by atoms with E-state index in [1.165, 1.54) is 12.8 Å². The van der Waals surface area contributed by atoms with Gasteiger partial charge < -0.3 is 11.1 Å². The summed E-state index contributed by atoms with van der Waals surface area (Å²) in [5.74, 6) is -1.58. The Hall–Kier alpha value is -1.65. The SMILES string of the molecule is CC(C)CCCCCCNC(=O)c1cc(N)c(F)cc1F. The molecule has 0 saturated carbocycles. The lowest BCUT2D eigenvalue weighted by Gasteiger charge is -2.08. The molecule has 0 saturated heterocycles. The van der Waals surface area contributed by atoms with Crippen molar-refractivity contribution in [1.82, 2.24) is 5.32 Å². The molecule has 1 aromatic rings. The summed E-state index contributed by atoms with van der Waals surface area (Å²) in [5, 5.41) is 2.63. The number of hydrogen-bond acceptors (Lipinski definition) is 2. The van der Waals surface area contributed by atoms with Crippen LogP contribution in [0.5, 0.6) is 0 Å². The highest BCUT2D eigenvalue weighted by atomic mass is 19.1. The van der Waals surface area contributed by atoms with E-state index in [0.29, 0.717) is 12.6 Å². The number of hydrogen-bond donors (Lipinski definition) is 2. The summed E-state index contributed by atoms with van der Waals surface area (Å²) in [6.07, 6.45) is 5.41. The van der Waals surface area contributed by atoms with E-state index in [2.05, 4.69) is 19.2 Å². The number of rotatable bonds is 8. The summed E-state index contributed by atoms with van der Waals surface area (Å²) in [7, 11) is 0. The smallest absolute Gasteiger partial charge is 0.254 e. The number of anilines is 1. The molecule has 5 heteroatoms. The summed E-state index contributed by atoms with van der Waals surface area (Å²) in [6, 6.07) is 1.67. The van der Waals surface area contributed by atoms with E-state index in [1.807, 2.05) is 0 Å². The quantitative estimate of drug-likeness (QED) is 0.565. The maximum absolute atomic E-state index is 13.5. The molecule has 0 heterocycles. The van der Waals surface area contributed by atoms with Crippen molar-refractivity contribution in [2.75, 3.05) is 12.3 Å². The Morgan fingerprint density at radius 1 is 1.14 bits per heavy atom. The number of nitrogens with one attached hydrogen (secondary N) is 1. The Morgan fingerprint density at radius 3 is 2.48 bits per heavy atom. The van der Waals surface area contributed by atoms with Gasteiger partial charge in [-0.25, -0.2) is 8.78 Å². The van der Waals surface area contributed by atoms with Crippen LogP contribution in [0.2, 0.25) is 0 Å². The Kier molecular flexibility index (Phi) is 7.12. The monoisotopic (exact) mass is 298 g/mol. The maximum atomic E-state index is 13.5. The van der Waals surface area contributed by atoms with Crippen molar-refractivity contribution in [3.05, 3.63) is 29.3 Å². The van der Waals surface area contributed by atoms with Crippen LogP contribution in [0.4, 0.5) is 14.5 Å². The fourth-order valence-electron chi connectivity index (χ4n) is 2.07. The van der Waals surface area contributed by atoms with E-state index < -0.39 is 17.5 Å². The Morgan fingerprint density at radius 2 is 1.81 bits per heavy atom. The van der Waals surface area contributed by atoms with Crippen molar-refractivity contribution in [3.63, 3.8) is 0 Å². The topological polar surface area (TPSA) is 55.1 Å². The molecule has 0 bridgehead atoms.